The maximum absolute atomic E-state index is 4.53. The number of piperidine rings is 1. The summed E-state index contributed by atoms with van der Waals surface area (Å²) in [5.74, 6) is 0. The fraction of sp³-hybridized carbons (Fsp3) is 0.250. The largest absolute Gasteiger partial charge is 0.351 e. The standard InChI is InChI=1S/C20H20N4/c1-2-4-18-17(3-1)19-16(7-11-22-20(19)23-18)14-8-12-24(13-14)15-5-9-21-10-6-15/h1-4,7-8,11-13,15,21H,5-6,9-10H2,(H,22,23). The molecule has 4 heteroatoms. The van der Waals surface area contributed by atoms with Crippen LogP contribution in [0.3, 0.4) is 0 Å². The molecule has 0 atom stereocenters. The minimum absolute atomic E-state index is 0.611. The number of benzene rings is 1. The van der Waals surface area contributed by atoms with Crippen molar-refractivity contribution >= 4 is 21.9 Å². The highest BCUT2D eigenvalue weighted by Crippen LogP contribution is 2.34. The van der Waals surface area contributed by atoms with Crippen LogP contribution in [0.25, 0.3) is 33.1 Å². The Bertz CT molecular complexity index is 1000. The third-order valence-electron chi connectivity index (χ3n) is 5.16. The molecule has 0 spiro atoms. The zero-order chi connectivity index (χ0) is 15.9. The first kappa shape index (κ1) is 13.8. The maximum atomic E-state index is 4.53. The Labute approximate surface area is 140 Å². The summed E-state index contributed by atoms with van der Waals surface area (Å²) in [5.41, 5.74) is 4.63. The molecule has 4 heterocycles. The number of para-hydroxylation sites is 1. The van der Waals surface area contributed by atoms with Crippen LogP contribution in [0.2, 0.25) is 0 Å². The number of hydrogen-bond acceptors (Lipinski definition) is 2. The molecule has 3 aromatic heterocycles. The van der Waals surface area contributed by atoms with E-state index in [1.54, 1.807) is 0 Å². The smallest absolute Gasteiger partial charge is 0.138 e. The second kappa shape index (κ2) is 5.49. The molecule has 1 fully saturated rings. The second-order valence-electron chi connectivity index (χ2n) is 6.58. The first-order chi connectivity index (χ1) is 11.9. The Morgan fingerprint density at radius 2 is 1.92 bits per heavy atom. The molecule has 120 valence electrons. The number of hydrogen-bond donors (Lipinski definition) is 2. The predicted molar refractivity (Wildman–Crippen MR) is 98.2 cm³/mol. The SMILES string of the molecule is c1ccc2c(c1)[nH]c1nccc(-c3ccn(C4CCNCC4)c3)c12. The zero-order valence-corrected chi connectivity index (χ0v) is 13.5. The summed E-state index contributed by atoms with van der Waals surface area (Å²) < 4.78 is 2.39. The molecule has 1 aromatic carbocycles. The fourth-order valence-corrected chi connectivity index (χ4v) is 3.91. The van der Waals surface area contributed by atoms with E-state index in [0.29, 0.717) is 6.04 Å². The second-order valence-corrected chi connectivity index (χ2v) is 6.58. The molecule has 0 radical (unpaired) electrons. The number of rotatable bonds is 2. The van der Waals surface area contributed by atoms with Gasteiger partial charge in [-0.1, -0.05) is 18.2 Å². The lowest BCUT2D eigenvalue weighted by molar-refractivity contribution is 0.369. The van der Waals surface area contributed by atoms with Crippen LogP contribution >= 0.6 is 0 Å². The van der Waals surface area contributed by atoms with Crippen LogP contribution in [-0.4, -0.2) is 27.6 Å². The van der Waals surface area contributed by atoms with Gasteiger partial charge in [0, 0.05) is 46.5 Å². The summed E-state index contributed by atoms with van der Waals surface area (Å²) in [4.78, 5) is 7.96. The average molecular weight is 316 g/mol. The quantitative estimate of drug-likeness (QED) is 0.584. The molecule has 1 aliphatic rings. The van der Waals surface area contributed by atoms with Gasteiger partial charge in [-0.25, -0.2) is 4.98 Å². The minimum atomic E-state index is 0.611. The molecule has 0 aliphatic carbocycles. The number of H-pyrrole nitrogens is 1. The summed E-state index contributed by atoms with van der Waals surface area (Å²) in [7, 11) is 0. The average Bonchev–Trinajstić information content (AvgIpc) is 3.27. The van der Waals surface area contributed by atoms with E-state index in [4.69, 9.17) is 0 Å². The lowest BCUT2D eigenvalue weighted by Crippen LogP contribution is -2.28. The Morgan fingerprint density at radius 1 is 1.04 bits per heavy atom. The Balaban J connectivity index is 1.65. The van der Waals surface area contributed by atoms with Crippen molar-refractivity contribution in [2.45, 2.75) is 18.9 Å². The van der Waals surface area contributed by atoms with E-state index >= 15 is 0 Å². The Kier molecular flexibility index (Phi) is 3.16. The van der Waals surface area contributed by atoms with Gasteiger partial charge in [0.05, 0.1) is 0 Å². The van der Waals surface area contributed by atoms with Gasteiger partial charge in [-0.2, -0.15) is 0 Å². The van der Waals surface area contributed by atoms with Crippen molar-refractivity contribution in [3.63, 3.8) is 0 Å². The van der Waals surface area contributed by atoms with Crippen molar-refractivity contribution < 1.29 is 0 Å². The molecule has 4 nitrogen and oxygen atoms in total. The molecule has 2 N–H and O–H groups in total. The van der Waals surface area contributed by atoms with Crippen LogP contribution in [0.15, 0.2) is 55.0 Å². The normalized spacial score (nSPS) is 16.2. The molecule has 1 aliphatic heterocycles. The van der Waals surface area contributed by atoms with E-state index in [2.05, 4.69) is 68.6 Å². The lowest BCUT2D eigenvalue weighted by atomic mass is 10.0. The van der Waals surface area contributed by atoms with E-state index in [9.17, 15) is 0 Å². The van der Waals surface area contributed by atoms with Crippen molar-refractivity contribution in [2.75, 3.05) is 13.1 Å². The van der Waals surface area contributed by atoms with Crippen molar-refractivity contribution in [1.29, 1.82) is 0 Å². The minimum Gasteiger partial charge on any atom is -0.351 e. The highest BCUT2D eigenvalue weighted by atomic mass is 15.0. The number of aromatic amines is 1. The van der Waals surface area contributed by atoms with Gasteiger partial charge in [0.15, 0.2) is 0 Å². The van der Waals surface area contributed by atoms with Crippen LogP contribution in [0, 0.1) is 0 Å². The molecular weight excluding hydrogens is 296 g/mol. The number of nitrogens with zero attached hydrogens (tertiary/aromatic N) is 2. The third-order valence-corrected chi connectivity index (χ3v) is 5.16. The van der Waals surface area contributed by atoms with E-state index in [-0.39, 0.29) is 0 Å². The van der Waals surface area contributed by atoms with Crippen LogP contribution < -0.4 is 5.32 Å². The van der Waals surface area contributed by atoms with Gasteiger partial charge in [-0.15, -0.1) is 0 Å². The molecule has 4 aromatic rings. The van der Waals surface area contributed by atoms with Crippen molar-refractivity contribution in [2.24, 2.45) is 0 Å². The summed E-state index contributed by atoms with van der Waals surface area (Å²) in [6.07, 6.45) is 8.83. The molecule has 1 saturated heterocycles. The van der Waals surface area contributed by atoms with Gasteiger partial charge < -0.3 is 14.9 Å². The van der Waals surface area contributed by atoms with E-state index in [0.717, 1.165) is 24.3 Å². The Morgan fingerprint density at radius 3 is 2.83 bits per heavy atom. The zero-order valence-electron chi connectivity index (χ0n) is 13.5. The number of pyridine rings is 1. The van der Waals surface area contributed by atoms with Crippen LogP contribution in [0.5, 0.6) is 0 Å². The summed E-state index contributed by atoms with van der Waals surface area (Å²) in [6, 6.07) is 13.4. The fourth-order valence-electron chi connectivity index (χ4n) is 3.91. The Hall–Kier alpha value is -2.59. The van der Waals surface area contributed by atoms with E-state index in [1.165, 1.54) is 34.7 Å². The monoisotopic (exact) mass is 316 g/mol. The van der Waals surface area contributed by atoms with Crippen LogP contribution in [0.4, 0.5) is 0 Å². The van der Waals surface area contributed by atoms with Crippen molar-refractivity contribution in [3.8, 4) is 11.1 Å². The van der Waals surface area contributed by atoms with Crippen molar-refractivity contribution in [3.05, 3.63) is 55.0 Å². The number of nitrogens with one attached hydrogen (secondary N) is 2. The van der Waals surface area contributed by atoms with Gasteiger partial charge in [0.1, 0.15) is 5.65 Å². The highest BCUT2D eigenvalue weighted by Gasteiger charge is 2.16. The summed E-state index contributed by atoms with van der Waals surface area (Å²) >= 11 is 0. The molecule has 0 unspecified atom stereocenters. The topological polar surface area (TPSA) is 45.6 Å². The molecular formula is C20H20N4. The molecule has 24 heavy (non-hydrogen) atoms. The van der Waals surface area contributed by atoms with Gasteiger partial charge in [-0.05, 0) is 49.7 Å². The van der Waals surface area contributed by atoms with Gasteiger partial charge in [0.2, 0.25) is 0 Å². The van der Waals surface area contributed by atoms with Crippen molar-refractivity contribution in [1.82, 2.24) is 19.9 Å². The number of aromatic nitrogens is 3. The van der Waals surface area contributed by atoms with Gasteiger partial charge in [0.25, 0.3) is 0 Å². The molecule has 0 amide bonds. The first-order valence-electron chi connectivity index (χ1n) is 8.64. The molecule has 0 saturated carbocycles. The van der Waals surface area contributed by atoms with E-state index in [1.807, 2.05) is 6.20 Å². The van der Waals surface area contributed by atoms with Gasteiger partial charge in [-0.3, -0.25) is 0 Å². The predicted octanol–water partition coefficient (Wildman–Crippen LogP) is 4.11. The van der Waals surface area contributed by atoms with E-state index < -0.39 is 0 Å². The molecule has 5 rings (SSSR count). The third kappa shape index (κ3) is 2.14. The van der Waals surface area contributed by atoms with Crippen LogP contribution in [0.1, 0.15) is 18.9 Å². The highest BCUT2D eigenvalue weighted by molar-refractivity contribution is 6.12. The summed E-state index contributed by atoms with van der Waals surface area (Å²) in [6.45, 7) is 2.22. The van der Waals surface area contributed by atoms with Gasteiger partial charge >= 0.3 is 0 Å². The van der Waals surface area contributed by atoms with Crippen LogP contribution in [-0.2, 0) is 0 Å². The lowest BCUT2D eigenvalue weighted by Gasteiger charge is -2.24. The summed E-state index contributed by atoms with van der Waals surface area (Å²) in [5, 5.41) is 5.90. The number of fused-ring (bicyclic) bond motifs is 3. The molecule has 0 bridgehead atoms. The maximum Gasteiger partial charge on any atom is 0.138 e. The first-order valence-corrected chi connectivity index (χ1v) is 8.64.